The van der Waals surface area contributed by atoms with E-state index in [2.05, 4.69) is 38.4 Å². The SMILES string of the molecule is Cc1nnnn1-c1cccc(NCc2cccs2)c1. The van der Waals surface area contributed by atoms with E-state index in [9.17, 15) is 0 Å². The highest BCUT2D eigenvalue weighted by molar-refractivity contribution is 7.09. The highest BCUT2D eigenvalue weighted by atomic mass is 32.1. The average molecular weight is 271 g/mol. The maximum absolute atomic E-state index is 3.97. The Morgan fingerprint density at radius 1 is 1.26 bits per heavy atom. The van der Waals surface area contributed by atoms with Crippen molar-refractivity contribution in [1.29, 1.82) is 0 Å². The van der Waals surface area contributed by atoms with Gasteiger partial charge in [-0.3, -0.25) is 0 Å². The molecule has 6 heteroatoms. The first-order valence-corrected chi connectivity index (χ1v) is 6.82. The minimum atomic E-state index is 0.774. The van der Waals surface area contributed by atoms with Crippen molar-refractivity contribution in [3.05, 3.63) is 52.5 Å². The molecule has 2 aromatic heterocycles. The highest BCUT2D eigenvalue weighted by Gasteiger charge is 2.04. The van der Waals surface area contributed by atoms with Crippen LogP contribution in [0.5, 0.6) is 0 Å². The van der Waals surface area contributed by atoms with Crippen molar-refractivity contribution in [1.82, 2.24) is 20.2 Å². The summed E-state index contributed by atoms with van der Waals surface area (Å²) in [6.45, 7) is 2.71. The third-order valence-electron chi connectivity index (χ3n) is 2.76. The molecule has 0 amide bonds. The van der Waals surface area contributed by atoms with Crippen LogP contribution < -0.4 is 5.32 Å². The van der Waals surface area contributed by atoms with E-state index in [-0.39, 0.29) is 0 Å². The smallest absolute Gasteiger partial charge is 0.153 e. The predicted molar refractivity (Wildman–Crippen MR) is 75.5 cm³/mol. The molecule has 0 spiro atoms. The van der Waals surface area contributed by atoms with Gasteiger partial charge in [0, 0.05) is 17.1 Å². The molecule has 0 unspecified atom stereocenters. The van der Waals surface area contributed by atoms with Crippen LogP contribution in [0.4, 0.5) is 5.69 Å². The third-order valence-corrected chi connectivity index (χ3v) is 3.64. The second-order valence-corrected chi connectivity index (χ2v) is 5.15. The minimum absolute atomic E-state index is 0.774. The molecule has 0 aliphatic heterocycles. The molecule has 19 heavy (non-hydrogen) atoms. The number of tetrazole rings is 1. The van der Waals surface area contributed by atoms with Crippen molar-refractivity contribution in [2.24, 2.45) is 0 Å². The second-order valence-electron chi connectivity index (χ2n) is 4.12. The Hall–Kier alpha value is -2.21. The van der Waals surface area contributed by atoms with Gasteiger partial charge in [-0.25, -0.2) is 0 Å². The van der Waals surface area contributed by atoms with Crippen molar-refractivity contribution < 1.29 is 0 Å². The van der Waals surface area contributed by atoms with Crippen LogP contribution in [-0.2, 0) is 6.54 Å². The zero-order valence-corrected chi connectivity index (χ0v) is 11.3. The first-order chi connectivity index (χ1) is 9.33. The Morgan fingerprint density at radius 2 is 2.21 bits per heavy atom. The topological polar surface area (TPSA) is 55.6 Å². The first-order valence-electron chi connectivity index (χ1n) is 5.94. The van der Waals surface area contributed by atoms with Crippen molar-refractivity contribution in [2.75, 3.05) is 5.32 Å². The summed E-state index contributed by atoms with van der Waals surface area (Å²) in [7, 11) is 0. The molecule has 0 radical (unpaired) electrons. The Morgan fingerprint density at radius 3 is 2.95 bits per heavy atom. The van der Waals surface area contributed by atoms with E-state index >= 15 is 0 Å². The van der Waals surface area contributed by atoms with Gasteiger partial charge in [-0.05, 0) is 47.0 Å². The summed E-state index contributed by atoms with van der Waals surface area (Å²) in [5.41, 5.74) is 2.01. The molecule has 0 aliphatic rings. The fraction of sp³-hybridized carbons (Fsp3) is 0.154. The van der Waals surface area contributed by atoms with E-state index in [1.54, 1.807) is 16.0 Å². The summed E-state index contributed by atoms with van der Waals surface area (Å²) in [5, 5.41) is 17.0. The van der Waals surface area contributed by atoms with Gasteiger partial charge in [0.25, 0.3) is 0 Å². The van der Waals surface area contributed by atoms with E-state index in [1.807, 2.05) is 31.2 Å². The van der Waals surface area contributed by atoms with Crippen molar-refractivity contribution in [3.63, 3.8) is 0 Å². The molecular weight excluding hydrogens is 258 g/mol. The lowest BCUT2D eigenvalue weighted by molar-refractivity contribution is 0.779. The van der Waals surface area contributed by atoms with Crippen LogP contribution in [0.3, 0.4) is 0 Å². The molecule has 0 saturated heterocycles. The maximum atomic E-state index is 3.97. The van der Waals surface area contributed by atoms with Crippen LogP contribution in [-0.4, -0.2) is 20.2 Å². The lowest BCUT2D eigenvalue weighted by Gasteiger charge is -2.07. The van der Waals surface area contributed by atoms with E-state index in [0.29, 0.717) is 0 Å². The lowest BCUT2D eigenvalue weighted by Crippen LogP contribution is -2.02. The van der Waals surface area contributed by atoms with Gasteiger partial charge in [0.05, 0.1) is 5.69 Å². The number of rotatable bonds is 4. The highest BCUT2D eigenvalue weighted by Crippen LogP contribution is 2.16. The van der Waals surface area contributed by atoms with Gasteiger partial charge in [-0.1, -0.05) is 12.1 Å². The van der Waals surface area contributed by atoms with Crippen LogP contribution in [0.15, 0.2) is 41.8 Å². The van der Waals surface area contributed by atoms with Crippen molar-refractivity contribution in [2.45, 2.75) is 13.5 Å². The predicted octanol–water partition coefficient (Wildman–Crippen LogP) is 2.64. The standard InChI is InChI=1S/C13H13N5S/c1-10-15-16-17-18(10)12-5-2-4-11(8-12)14-9-13-6-3-7-19-13/h2-8,14H,9H2,1H3. The summed E-state index contributed by atoms with van der Waals surface area (Å²) in [6, 6.07) is 12.2. The van der Waals surface area contributed by atoms with E-state index in [4.69, 9.17) is 0 Å². The number of nitrogens with one attached hydrogen (secondary N) is 1. The Kier molecular flexibility index (Phi) is 3.24. The molecule has 5 nitrogen and oxygen atoms in total. The summed E-state index contributed by atoms with van der Waals surface area (Å²) in [6.07, 6.45) is 0. The zero-order valence-electron chi connectivity index (χ0n) is 10.4. The fourth-order valence-electron chi connectivity index (χ4n) is 1.82. The molecule has 0 atom stereocenters. The molecule has 2 heterocycles. The number of anilines is 1. The van der Waals surface area contributed by atoms with Crippen LogP contribution in [0.2, 0.25) is 0 Å². The van der Waals surface area contributed by atoms with Gasteiger partial charge >= 0.3 is 0 Å². The van der Waals surface area contributed by atoms with E-state index < -0.39 is 0 Å². The number of benzene rings is 1. The molecule has 1 N–H and O–H groups in total. The van der Waals surface area contributed by atoms with Crippen molar-refractivity contribution in [3.8, 4) is 5.69 Å². The van der Waals surface area contributed by atoms with Gasteiger partial charge in [-0.15, -0.1) is 16.4 Å². The first kappa shape index (κ1) is 11.9. The van der Waals surface area contributed by atoms with E-state index in [0.717, 1.165) is 23.7 Å². The largest absolute Gasteiger partial charge is 0.380 e. The minimum Gasteiger partial charge on any atom is -0.380 e. The van der Waals surface area contributed by atoms with Crippen LogP contribution in [0.1, 0.15) is 10.7 Å². The van der Waals surface area contributed by atoms with Gasteiger partial charge in [0.1, 0.15) is 0 Å². The number of nitrogens with zero attached hydrogens (tertiary/aromatic N) is 4. The quantitative estimate of drug-likeness (QED) is 0.792. The lowest BCUT2D eigenvalue weighted by atomic mass is 10.2. The number of hydrogen-bond acceptors (Lipinski definition) is 5. The Bertz CT molecular complexity index is 659. The average Bonchev–Trinajstić information content (AvgIpc) is 3.08. The normalized spacial score (nSPS) is 10.6. The van der Waals surface area contributed by atoms with Crippen LogP contribution in [0.25, 0.3) is 5.69 Å². The van der Waals surface area contributed by atoms with Gasteiger partial charge < -0.3 is 5.32 Å². The summed E-state index contributed by atoms with van der Waals surface area (Å²) in [5.74, 6) is 0.774. The molecule has 0 aliphatic carbocycles. The molecule has 0 saturated carbocycles. The number of aryl methyl sites for hydroxylation is 1. The summed E-state index contributed by atoms with van der Waals surface area (Å²) in [4.78, 5) is 1.31. The molecule has 3 rings (SSSR count). The summed E-state index contributed by atoms with van der Waals surface area (Å²) >= 11 is 1.75. The molecule has 0 fully saturated rings. The van der Waals surface area contributed by atoms with Gasteiger partial charge in [0.2, 0.25) is 0 Å². The van der Waals surface area contributed by atoms with Crippen LogP contribution >= 0.6 is 11.3 Å². The molecule has 0 bridgehead atoms. The second kappa shape index (κ2) is 5.19. The molecule has 96 valence electrons. The molecular formula is C13H13N5S. The van der Waals surface area contributed by atoms with Crippen LogP contribution in [0, 0.1) is 6.92 Å². The summed E-state index contributed by atoms with van der Waals surface area (Å²) < 4.78 is 1.72. The number of thiophene rings is 1. The van der Waals surface area contributed by atoms with Crippen molar-refractivity contribution >= 4 is 17.0 Å². The number of aromatic nitrogens is 4. The zero-order chi connectivity index (χ0) is 13.1. The Balaban J connectivity index is 1.78. The van der Waals surface area contributed by atoms with Gasteiger partial charge in [-0.2, -0.15) is 4.68 Å². The monoisotopic (exact) mass is 271 g/mol. The Labute approximate surface area is 114 Å². The van der Waals surface area contributed by atoms with E-state index in [1.165, 1.54) is 4.88 Å². The third kappa shape index (κ3) is 2.63. The molecule has 1 aromatic carbocycles. The molecule has 3 aromatic rings. The fourth-order valence-corrected chi connectivity index (χ4v) is 2.46. The van der Waals surface area contributed by atoms with Gasteiger partial charge in [0.15, 0.2) is 5.82 Å². The number of hydrogen-bond donors (Lipinski definition) is 1. The maximum Gasteiger partial charge on any atom is 0.153 e.